The zero-order valence-corrected chi connectivity index (χ0v) is 9.09. The van der Waals surface area contributed by atoms with E-state index in [0.29, 0.717) is 0 Å². The van der Waals surface area contributed by atoms with Crippen molar-refractivity contribution in [1.29, 1.82) is 0 Å². The predicted molar refractivity (Wildman–Crippen MR) is 56.8 cm³/mol. The molecule has 9 heteroatoms. The fourth-order valence-corrected chi connectivity index (χ4v) is 1.42. The number of hydrazine groups is 1. The molecule has 0 aromatic heterocycles. The van der Waals surface area contributed by atoms with Crippen LogP contribution >= 0.6 is 12.2 Å². The smallest absolute Gasteiger partial charge is 0.178 e. The first-order chi connectivity index (χ1) is 7.47. The van der Waals surface area contributed by atoms with Gasteiger partial charge in [0.25, 0.3) is 0 Å². The third-order valence-corrected chi connectivity index (χ3v) is 2.33. The zero-order valence-electron chi connectivity index (χ0n) is 8.28. The molecule has 0 aromatic carbocycles. The van der Waals surface area contributed by atoms with Gasteiger partial charge in [0.2, 0.25) is 0 Å². The second-order valence-corrected chi connectivity index (χ2v) is 3.82. The van der Waals surface area contributed by atoms with Gasteiger partial charge in [-0.2, -0.15) is 0 Å². The SMILES string of the molecule is NC(=S)NN[C@@H]1O[C@H](CO)[C@H](O)[C@H](O)[C@H]1O. The molecule has 8 nitrogen and oxygen atoms in total. The number of thiocarbonyl (C=S) groups is 1. The van der Waals surface area contributed by atoms with Crippen molar-refractivity contribution in [3.8, 4) is 0 Å². The molecule has 1 saturated heterocycles. The minimum Gasteiger partial charge on any atom is -0.394 e. The Morgan fingerprint density at radius 2 is 1.88 bits per heavy atom. The monoisotopic (exact) mass is 253 g/mol. The average Bonchev–Trinajstić information content (AvgIpc) is 2.25. The number of nitrogens with one attached hydrogen (secondary N) is 2. The third kappa shape index (κ3) is 2.98. The summed E-state index contributed by atoms with van der Waals surface area (Å²) in [5, 5.41) is 37.2. The number of hydrogen-bond acceptors (Lipinski definition) is 7. The van der Waals surface area contributed by atoms with E-state index < -0.39 is 37.3 Å². The van der Waals surface area contributed by atoms with Gasteiger partial charge >= 0.3 is 0 Å². The van der Waals surface area contributed by atoms with Gasteiger partial charge in [0.1, 0.15) is 24.4 Å². The molecule has 1 aliphatic heterocycles. The van der Waals surface area contributed by atoms with Gasteiger partial charge in [-0.25, -0.2) is 5.43 Å². The van der Waals surface area contributed by atoms with Crippen LogP contribution in [0.3, 0.4) is 0 Å². The summed E-state index contributed by atoms with van der Waals surface area (Å²) in [5.41, 5.74) is 9.88. The van der Waals surface area contributed by atoms with Crippen LogP contribution in [-0.2, 0) is 4.74 Å². The summed E-state index contributed by atoms with van der Waals surface area (Å²) in [6.45, 7) is -0.490. The molecule has 0 aromatic rings. The molecule has 0 aliphatic carbocycles. The first-order valence-corrected chi connectivity index (χ1v) is 4.99. The summed E-state index contributed by atoms with van der Waals surface area (Å²) in [6, 6.07) is 0. The van der Waals surface area contributed by atoms with Crippen LogP contribution in [0, 0.1) is 0 Å². The van der Waals surface area contributed by atoms with Gasteiger partial charge < -0.3 is 30.9 Å². The number of nitrogens with two attached hydrogens (primary N) is 1. The molecule has 0 radical (unpaired) electrons. The quantitative estimate of drug-likeness (QED) is 0.199. The molecule has 0 unspecified atom stereocenters. The second-order valence-electron chi connectivity index (χ2n) is 3.38. The largest absolute Gasteiger partial charge is 0.394 e. The maximum Gasteiger partial charge on any atom is 0.178 e. The fraction of sp³-hybridized carbons (Fsp3) is 0.857. The third-order valence-electron chi connectivity index (χ3n) is 2.23. The van der Waals surface area contributed by atoms with Crippen LogP contribution in [0.2, 0.25) is 0 Å². The van der Waals surface area contributed by atoms with Crippen molar-refractivity contribution in [1.82, 2.24) is 10.9 Å². The average molecular weight is 253 g/mol. The lowest BCUT2D eigenvalue weighted by molar-refractivity contribution is -0.238. The lowest BCUT2D eigenvalue weighted by atomic mass is 9.99. The maximum absolute atomic E-state index is 9.53. The minimum absolute atomic E-state index is 0.0723. The molecule has 1 fully saturated rings. The van der Waals surface area contributed by atoms with E-state index in [1.54, 1.807) is 0 Å². The first-order valence-electron chi connectivity index (χ1n) is 4.59. The number of hydrogen-bond donors (Lipinski definition) is 7. The van der Waals surface area contributed by atoms with Crippen LogP contribution in [-0.4, -0.2) is 62.8 Å². The Labute approximate surface area is 97.0 Å². The van der Waals surface area contributed by atoms with E-state index in [-0.39, 0.29) is 5.11 Å². The van der Waals surface area contributed by atoms with Crippen LogP contribution in [0.25, 0.3) is 0 Å². The van der Waals surface area contributed by atoms with Crippen molar-refractivity contribution < 1.29 is 25.2 Å². The zero-order chi connectivity index (χ0) is 12.3. The van der Waals surface area contributed by atoms with Crippen molar-refractivity contribution >= 4 is 17.3 Å². The van der Waals surface area contributed by atoms with Crippen molar-refractivity contribution in [3.05, 3.63) is 0 Å². The van der Waals surface area contributed by atoms with Gasteiger partial charge in [0, 0.05) is 0 Å². The summed E-state index contributed by atoms with van der Waals surface area (Å²) in [6.07, 6.45) is -6.21. The van der Waals surface area contributed by atoms with Crippen LogP contribution in [0.4, 0.5) is 0 Å². The lowest BCUT2D eigenvalue weighted by Crippen LogP contribution is -2.65. The topological polar surface area (TPSA) is 140 Å². The van der Waals surface area contributed by atoms with Crippen LogP contribution in [0.15, 0.2) is 0 Å². The number of aliphatic hydroxyl groups is 4. The summed E-state index contributed by atoms with van der Waals surface area (Å²) in [7, 11) is 0. The Bertz CT molecular complexity index is 254. The van der Waals surface area contributed by atoms with Crippen LogP contribution in [0.5, 0.6) is 0 Å². The summed E-state index contributed by atoms with van der Waals surface area (Å²) in [4.78, 5) is 0. The van der Waals surface area contributed by atoms with Crippen molar-refractivity contribution in [2.75, 3.05) is 6.61 Å². The Balaban J connectivity index is 2.60. The molecular formula is C7H15N3O5S. The molecule has 1 rings (SSSR count). The number of rotatable bonds is 3. The Morgan fingerprint density at radius 3 is 2.38 bits per heavy atom. The second kappa shape index (κ2) is 5.68. The van der Waals surface area contributed by atoms with Crippen molar-refractivity contribution in [2.24, 2.45) is 5.73 Å². The van der Waals surface area contributed by atoms with Crippen LogP contribution < -0.4 is 16.6 Å². The summed E-state index contributed by atoms with van der Waals surface area (Å²) in [5.74, 6) is 0. The van der Waals surface area contributed by atoms with E-state index in [9.17, 15) is 15.3 Å². The number of aliphatic hydroxyl groups excluding tert-OH is 4. The highest BCUT2D eigenvalue weighted by molar-refractivity contribution is 7.80. The standard InChI is InChI=1S/C7H15N3O5S/c8-7(16)10-9-6-5(14)4(13)3(12)2(1-11)15-6/h2-6,9,11-14H,1H2,(H3,8,10,16)/t2-,3+,4+,5-,6-/m1/s1. The molecule has 0 bridgehead atoms. The highest BCUT2D eigenvalue weighted by Gasteiger charge is 2.43. The van der Waals surface area contributed by atoms with Crippen molar-refractivity contribution in [2.45, 2.75) is 30.6 Å². The predicted octanol–water partition coefficient (Wildman–Crippen LogP) is -3.88. The molecule has 5 atom stereocenters. The van der Waals surface area contributed by atoms with Gasteiger partial charge in [0.15, 0.2) is 11.3 Å². The van der Waals surface area contributed by atoms with Crippen molar-refractivity contribution in [3.63, 3.8) is 0 Å². The minimum atomic E-state index is -1.43. The highest BCUT2D eigenvalue weighted by Crippen LogP contribution is 2.19. The van der Waals surface area contributed by atoms with Gasteiger partial charge in [-0.3, -0.25) is 5.43 Å². The highest BCUT2D eigenvalue weighted by atomic mass is 32.1. The normalized spacial score (nSPS) is 39.4. The first kappa shape index (κ1) is 13.5. The molecule has 0 amide bonds. The molecule has 1 aliphatic rings. The maximum atomic E-state index is 9.53. The van der Waals surface area contributed by atoms with E-state index >= 15 is 0 Å². The van der Waals surface area contributed by atoms with Gasteiger partial charge in [-0.1, -0.05) is 0 Å². The van der Waals surface area contributed by atoms with E-state index in [2.05, 4.69) is 23.1 Å². The molecular weight excluding hydrogens is 238 g/mol. The van der Waals surface area contributed by atoms with E-state index in [0.717, 1.165) is 0 Å². The fourth-order valence-electron chi connectivity index (χ4n) is 1.36. The molecule has 1 heterocycles. The summed E-state index contributed by atoms with van der Waals surface area (Å²) < 4.78 is 5.08. The molecule has 8 N–H and O–H groups in total. The Morgan fingerprint density at radius 1 is 1.25 bits per heavy atom. The molecule has 0 spiro atoms. The van der Waals surface area contributed by atoms with Crippen LogP contribution in [0.1, 0.15) is 0 Å². The lowest BCUT2D eigenvalue weighted by Gasteiger charge is -2.40. The van der Waals surface area contributed by atoms with Gasteiger partial charge in [0.05, 0.1) is 6.61 Å². The molecule has 16 heavy (non-hydrogen) atoms. The Hall–Kier alpha value is -0.550. The molecule has 0 saturated carbocycles. The van der Waals surface area contributed by atoms with Gasteiger partial charge in [-0.15, -0.1) is 0 Å². The van der Waals surface area contributed by atoms with E-state index in [1.807, 2.05) is 0 Å². The number of ether oxygens (including phenoxy) is 1. The Kier molecular flexibility index (Phi) is 4.80. The van der Waals surface area contributed by atoms with Gasteiger partial charge in [-0.05, 0) is 12.2 Å². The van der Waals surface area contributed by atoms with E-state index in [4.69, 9.17) is 15.6 Å². The summed E-state index contributed by atoms with van der Waals surface area (Å²) >= 11 is 4.52. The van der Waals surface area contributed by atoms with E-state index in [1.165, 1.54) is 0 Å². The molecule has 94 valence electrons.